The van der Waals surface area contributed by atoms with Gasteiger partial charge in [0, 0.05) is 34.1 Å². The fourth-order valence-electron chi connectivity index (χ4n) is 4.09. The molecular weight excluding hydrogens is 385 g/mol. The third-order valence-corrected chi connectivity index (χ3v) is 5.98. The van der Waals surface area contributed by atoms with Crippen molar-refractivity contribution in [3.05, 3.63) is 73.1 Å². The molecule has 1 aliphatic heterocycles. The van der Waals surface area contributed by atoms with Gasteiger partial charge in [0.25, 0.3) is 0 Å². The summed E-state index contributed by atoms with van der Waals surface area (Å²) in [6.45, 7) is 1.71. The van der Waals surface area contributed by atoms with Crippen LogP contribution in [0.4, 0.5) is 0 Å². The van der Waals surface area contributed by atoms with Gasteiger partial charge in [0.05, 0.1) is 5.56 Å². The molecule has 6 heteroatoms. The van der Waals surface area contributed by atoms with Crippen molar-refractivity contribution in [1.82, 2.24) is 4.90 Å². The predicted molar refractivity (Wildman–Crippen MR) is 106 cm³/mol. The minimum atomic E-state index is -0.207. The molecule has 0 amide bonds. The zero-order valence-electron chi connectivity index (χ0n) is 14.6. The number of hydrogen-bond acceptors (Lipinski definition) is 4. The Kier molecular flexibility index (Phi) is 4.15. The van der Waals surface area contributed by atoms with Gasteiger partial charge in [-0.05, 0) is 54.7 Å². The zero-order valence-corrected chi connectivity index (χ0v) is 16.1. The van der Waals surface area contributed by atoms with Crippen molar-refractivity contribution in [3.8, 4) is 5.75 Å². The second-order valence-corrected chi connectivity index (χ2v) is 7.96. The lowest BCUT2D eigenvalue weighted by Crippen LogP contribution is -2.31. The van der Waals surface area contributed by atoms with Gasteiger partial charge in [-0.15, -0.1) is 0 Å². The van der Waals surface area contributed by atoms with E-state index in [0.29, 0.717) is 35.4 Å². The van der Waals surface area contributed by atoms with E-state index in [2.05, 4.69) is 4.90 Å². The first-order valence-corrected chi connectivity index (χ1v) is 9.75. The summed E-state index contributed by atoms with van der Waals surface area (Å²) in [5.74, 6) is 0.780. The zero-order chi connectivity index (χ0) is 18.5. The molecule has 5 rings (SSSR count). The molecule has 27 heavy (non-hydrogen) atoms. The normalized spacial score (nSPS) is 16.2. The Morgan fingerprint density at radius 1 is 1.04 bits per heavy atom. The Balaban J connectivity index is 1.53. The molecule has 0 bridgehead atoms. The van der Waals surface area contributed by atoms with Gasteiger partial charge in [-0.25, -0.2) is 4.79 Å². The Morgan fingerprint density at radius 2 is 1.89 bits per heavy atom. The highest BCUT2D eigenvalue weighted by Gasteiger charge is 2.26. The van der Waals surface area contributed by atoms with Crippen LogP contribution in [-0.2, 0) is 25.9 Å². The minimum Gasteiger partial charge on any atom is -0.478 e. The molecule has 0 fully saturated rings. The number of fused-ring (bicyclic) bond motifs is 5. The summed E-state index contributed by atoms with van der Waals surface area (Å²) in [6, 6.07) is 9.51. The van der Waals surface area contributed by atoms with E-state index in [-0.39, 0.29) is 5.63 Å². The van der Waals surface area contributed by atoms with E-state index in [9.17, 15) is 4.79 Å². The van der Waals surface area contributed by atoms with Crippen LogP contribution < -0.4 is 10.4 Å². The quantitative estimate of drug-likeness (QED) is 0.570. The van der Waals surface area contributed by atoms with Gasteiger partial charge in [0.15, 0.2) is 0 Å². The maximum absolute atomic E-state index is 12.4. The van der Waals surface area contributed by atoms with Crippen molar-refractivity contribution in [1.29, 1.82) is 0 Å². The first-order chi connectivity index (χ1) is 13.1. The Bertz CT molecular complexity index is 1120. The van der Waals surface area contributed by atoms with E-state index in [1.54, 1.807) is 6.07 Å². The average molecular weight is 402 g/mol. The molecule has 2 aromatic carbocycles. The summed E-state index contributed by atoms with van der Waals surface area (Å²) < 4.78 is 11.7. The van der Waals surface area contributed by atoms with Crippen LogP contribution in [0.15, 0.2) is 39.5 Å². The van der Waals surface area contributed by atoms with E-state index >= 15 is 0 Å². The van der Waals surface area contributed by atoms with Gasteiger partial charge in [0.2, 0.25) is 0 Å². The maximum atomic E-state index is 12.4. The van der Waals surface area contributed by atoms with E-state index in [1.807, 2.05) is 24.3 Å². The number of ether oxygens (including phenoxy) is 1. The maximum Gasteiger partial charge on any atom is 0.339 e. The molecule has 1 aliphatic carbocycles. The van der Waals surface area contributed by atoms with Gasteiger partial charge >= 0.3 is 5.63 Å². The van der Waals surface area contributed by atoms with Crippen molar-refractivity contribution in [2.45, 2.75) is 32.4 Å². The molecule has 0 N–H and O–H groups in total. The number of halogens is 2. The van der Waals surface area contributed by atoms with Crippen LogP contribution in [0.3, 0.4) is 0 Å². The van der Waals surface area contributed by atoms with Gasteiger partial charge in [-0.2, -0.15) is 0 Å². The van der Waals surface area contributed by atoms with E-state index in [4.69, 9.17) is 32.4 Å². The van der Waals surface area contributed by atoms with Crippen LogP contribution in [0.1, 0.15) is 28.7 Å². The molecule has 2 aliphatic rings. The molecule has 138 valence electrons. The van der Waals surface area contributed by atoms with Crippen LogP contribution >= 0.6 is 23.2 Å². The number of benzene rings is 2. The molecule has 4 nitrogen and oxygen atoms in total. The molecule has 2 heterocycles. The lowest BCUT2D eigenvalue weighted by Gasteiger charge is -2.29. The van der Waals surface area contributed by atoms with Crippen LogP contribution in [-0.4, -0.2) is 11.6 Å². The average Bonchev–Trinajstić information content (AvgIpc) is 3.15. The molecule has 0 saturated heterocycles. The number of hydrogen-bond donors (Lipinski definition) is 0. The first-order valence-electron chi connectivity index (χ1n) is 8.99. The van der Waals surface area contributed by atoms with E-state index < -0.39 is 0 Å². The van der Waals surface area contributed by atoms with Crippen molar-refractivity contribution in [3.63, 3.8) is 0 Å². The number of rotatable bonds is 2. The van der Waals surface area contributed by atoms with Crippen molar-refractivity contribution >= 4 is 34.2 Å². The van der Waals surface area contributed by atoms with Crippen LogP contribution in [0.2, 0.25) is 10.0 Å². The Morgan fingerprint density at radius 3 is 2.74 bits per heavy atom. The molecule has 0 atom stereocenters. The predicted octanol–water partition coefficient (Wildman–Crippen LogP) is 4.94. The van der Waals surface area contributed by atoms with Gasteiger partial charge in [-0.1, -0.05) is 29.3 Å². The largest absolute Gasteiger partial charge is 0.478 e. The molecular formula is C21H17Cl2NO3. The summed E-state index contributed by atoms with van der Waals surface area (Å²) >= 11 is 12.3. The van der Waals surface area contributed by atoms with E-state index in [0.717, 1.165) is 52.7 Å². The summed E-state index contributed by atoms with van der Waals surface area (Å²) in [4.78, 5) is 14.5. The Labute approximate surface area is 166 Å². The lowest BCUT2D eigenvalue weighted by molar-refractivity contribution is 0.0890. The molecule has 0 radical (unpaired) electrons. The highest BCUT2D eigenvalue weighted by molar-refractivity contribution is 6.35. The third-order valence-electron chi connectivity index (χ3n) is 5.40. The summed E-state index contributed by atoms with van der Waals surface area (Å²) in [6.07, 6.45) is 2.75. The van der Waals surface area contributed by atoms with Gasteiger partial charge < -0.3 is 9.15 Å². The summed E-state index contributed by atoms with van der Waals surface area (Å²) in [5.41, 5.74) is 4.34. The van der Waals surface area contributed by atoms with Crippen LogP contribution in [0.5, 0.6) is 5.75 Å². The summed E-state index contributed by atoms with van der Waals surface area (Å²) in [7, 11) is 0. The minimum absolute atomic E-state index is 0.207. The second kappa shape index (κ2) is 6.55. The monoisotopic (exact) mass is 401 g/mol. The second-order valence-electron chi connectivity index (χ2n) is 7.12. The third kappa shape index (κ3) is 2.92. The van der Waals surface area contributed by atoms with Crippen LogP contribution in [0.25, 0.3) is 11.0 Å². The molecule has 1 aromatic heterocycles. The highest BCUT2D eigenvalue weighted by Crippen LogP contribution is 2.36. The fraction of sp³-hybridized carbons (Fsp3) is 0.286. The van der Waals surface area contributed by atoms with E-state index in [1.165, 1.54) is 0 Å². The first kappa shape index (κ1) is 17.1. The van der Waals surface area contributed by atoms with Crippen molar-refractivity contribution in [2.24, 2.45) is 0 Å². The summed E-state index contributed by atoms with van der Waals surface area (Å²) in [5, 5.41) is 2.29. The fourth-order valence-corrected chi connectivity index (χ4v) is 4.56. The lowest BCUT2D eigenvalue weighted by atomic mass is 10.0. The van der Waals surface area contributed by atoms with Crippen molar-refractivity contribution < 1.29 is 9.15 Å². The number of nitrogens with zero attached hydrogens (tertiary/aromatic N) is 1. The standard InChI is InChI=1S/C21H17Cl2NO3/c22-13-5-4-12(18(23)8-13)9-24-10-17-19(26-11-24)7-6-15-14-2-1-3-16(14)21(25)27-20(15)17/h4-8H,1-3,9-11H2. The SMILES string of the molecule is O=c1oc2c3c(ccc2c2c1CCC2)OCN(Cc1ccc(Cl)cc1Cl)C3. The highest BCUT2D eigenvalue weighted by atomic mass is 35.5. The Hall–Kier alpha value is -2.01. The number of aryl methyl sites for hydroxylation is 1. The smallest absolute Gasteiger partial charge is 0.339 e. The van der Waals surface area contributed by atoms with Crippen LogP contribution in [0, 0.1) is 0 Å². The van der Waals surface area contributed by atoms with Gasteiger partial charge in [-0.3, -0.25) is 4.90 Å². The molecule has 3 aromatic rings. The van der Waals surface area contributed by atoms with Crippen molar-refractivity contribution in [2.75, 3.05) is 6.73 Å². The molecule has 0 saturated carbocycles. The topological polar surface area (TPSA) is 42.7 Å². The molecule has 0 spiro atoms. The molecule has 0 unspecified atom stereocenters. The van der Waals surface area contributed by atoms with Gasteiger partial charge in [0.1, 0.15) is 18.1 Å².